The van der Waals surface area contributed by atoms with Crippen LogP contribution in [-0.2, 0) is 44.5 Å². The molecule has 0 aliphatic carbocycles. The summed E-state index contributed by atoms with van der Waals surface area (Å²) in [6, 6.07) is 28.5. The molecule has 0 fully saturated rings. The standard InChI is InChI=1S/C35H31Cl3N4O7S2/c1-48-28-12-16-32(17-13-28)51(46,47)42(21-25-5-3-2-4-6-25)24-35(43)40-39-20-29-10-11-30(49-29)23-41(22-26-7-18-33(37)34(38)19-26)50(44,45)31-14-8-27(36)9-15-31/h2-20H,21-24H2,1H3,(H,40,43)/b39-20-. The molecule has 11 nitrogen and oxygen atoms in total. The van der Waals surface area contributed by atoms with Crippen molar-refractivity contribution in [1.82, 2.24) is 14.0 Å². The molecule has 0 unspecified atom stereocenters. The lowest BCUT2D eigenvalue weighted by Crippen LogP contribution is -2.39. The van der Waals surface area contributed by atoms with Gasteiger partial charge in [-0.1, -0.05) is 71.2 Å². The monoisotopic (exact) mass is 788 g/mol. The predicted molar refractivity (Wildman–Crippen MR) is 196 cm³/mol. The van der Waals surface area contributed by atoms with Crippen molar-refractivity contribution in [3.63, 3.8) is 0 Å². The zero-order chi connectivity index (χ0) is 36.6. The maximum Gasteiger partial charge on any atom is 0.255 e. The van der Waals surface area contributed by atoms with Gasteiger partial charge in [0.1, 0.15) is 17.3 Å². The van der Waals surface area contributed by atoms with Crippen molar-refractivity contribution < 1.29 is 30.8 Å². The number of nitrogens with one attached hydrogen (secondary N) is 1. The van der Waals surface area contributed by atoms with Crippen molar-refractivity contribution in [2.75, 3.05) is 13.7 Å². The van der Waals surface area contributed by atoms with Crippen molar-refractivity contribution in [2.24, 2.45) is 5.10 Å². The molecule has 1 amide bonds. The molecule has 0 bridgehead atoms. The summed E-state index contributed by atoms with van der Waals surface area (Å²) in [7, 11) is -6.66. The van der Waals surface area contributed by atoms with E-state index in [1.165, 1.54) is 66.2 Å². The highest BCUT2D eigenvalue weighted by Crippen LogP contribution is 2.27. The molecule has 1 aromatic heterocycles. The van der Waals surface area contributed by atoms with Crippen LogP contribution in [-0.4, -0.2) is 51.2 Å². The number of hydrogen-bond donors (Lipinski definition) is 1. The zero-order valence-corrected chi connectivity index (χ0v) is 30.8. The summed E-state index contributed by atoms with van der Waals surface area (Å²) in [4.78, 5) is 13.0. The molecule has 0 aliphatic heterocycles. The number of amides is 1. The highest BCUT2D eigenvalue weighted by Gasteiger charge is 2.28. The molecule has 266 valence electrons. The van der Waals surface area contributed by atoms with Gasteiger partial charge in [0.25, 0.3) is 5.91 Å². The third kappa shape index (κ3) is 9.98. The predicted octanol–water partition coefficient (Wildman–Crippen LogP) is 6.98. The molecular weight excluding hydrogens is 759 g/mol. The number of ether oxygens (including phenoxy) is 1. The van der Waals surface area contributed by atoms with Crippen LogP contribution in [0.15, 0.2) is 129 Å². The largest absolute Gasteiger partial charge is 0.497 e. The van der Waals surface area contributed by atoms with Crippen molar-refractivity contribution in [2.45, 2.75) is 29.4 Å². The first kappa shape index (κ1) is 38.0. The highest BCUT2D eigenvalue weighted by molar-refractivity contribution is 7.89. The second-order valence-electron chi connectivity index (χ2n) is 11.0. The van der Waals surface area contributed by atoms with E-state index >= 15 is 0 Å². The lowest BCUT2D eigenvalue weighted by atomic mass is 10.2. The van der Waals surface area contributed by atoms with Crippen LogP contribution in [0.5, 0.6) is 5.75 Å². The SMILES string of the molecule is COc1ccc(S(=O)(=O)N(CC(=O)N/N=C\c2ccc(CN(Cc3ccc(Cl)c(Cl)c3)S(=O)(=O)c3ccc(Cl)cc3)o2)Cc2ccccc2)cc1. The van der Waals surface area contributed by atoms with E-state index in [-0.39, 0.29) is 46.0 Å². The van der Waals surface area contributed by atoms with Crippen LogP contribution in [0.25, 0.3) is 0 Å². The Morgan fingerprint density at radius 2 is 1.37 bits per heavy atom. The Morgan fingerprint density at radius 3 is 2.02 bits per heavy atom. The molecule has 1 N–H and O–H groups in total. The molecule has 16 heteroatoms. The average Bonchev–Trinajstić information content (AvgIpc) is 3.57. The van der Waals surface area contributed by atoms with E-state index in [4.69, 9.17) is 44.0 Å². The third-order valence-corrected chi connectivity index (χ3v) is 12.0. The van der Waals surface area contributed by atoms with Gasteiger partial charge in [-0.2, -0.15) is 13.7 Å². The Balaban J connectivity index is 1.29. The number of carbonyl (C=O) groups is 1. The lowest BCUT2D eigenvalue weighted by molar-refractivity contribution is -0.121. The normalized spacial score (nSPS) is 12.1. The van der Waals surface area contributed by atoms with Crippen LogP contribution in [0.4, 0.5) is 0 Å². The van der Waals surface area contributed by atoms with E-state index in [2.05, 4.69) is 10.5 Å². The second kappa shape index (κ2) is 16.9. The molecule has 5 aromatic rings. The van der Waals surface area contributed by atoms with Crippen molar-refractivity contribution >= 4 is 67.0 Å². The van der Waals surface area contributed by atoms with Crippen molar-refractivity contribution in [3.8, 4) is 5.75 Å². The summed E-state index contributed by atoms with van der Waals surface area (Å²) in [5, 5.41) is 4.92. The molecule has 0 saturated heterocycles. The minimum atomic E-state index is -4.09. The number of halogens is 3. The molecule has 4 aromatic carbocycles. The molecule has 5 rings (SSSR count). The highest BCUT2D eigenvalue weighted by atomic mass is 35.5. The summed E-state index contributed by atoms with van der Waals surface area (Å²) in [6.45, 7) is -0.814. The molecule has 0 radical (unpaired) electrons. The van der Waals surface area contributed by atoms with Gasteiger partial charge in [0.15, 0.2) is 0 Å². The zero-order valence-electron chi connectivity index (χ0n) is 26.9. The smallest absolute Gasteiger partial charge is 0.255 e. The minimum absolute atomic E-state index is 0.00933. The minimum Gasteiger partial charge on any atom is -0.497 e. The van der Waals surface area contributed by atoms with Gasteiger partial charge in [-0.3, -0.25) is 4.79 Å². The maximum atomic E-state index is 13.7. The van der Waals surface area contributed by atoms with Crippen LogP contribution >= 0.6 is 34.8 Å². The van der Waals surface area contributed by atoms with E-state index in [0.29, 0.717) is 26.9 Å². The fourth-order valence-electron chi connectivity index (χ4n) is 4.82. The number of sulfonamides is 2. The van der Waals surface area contributed by atoms with E-state index in [1.54, 1.807) is 60.7 Å². The maximum absolute atomic E-state index is 13.7. The van der Waals surface area contributed by atoms with Crippen LogP contribution in [0.1, 0.15) is 22.6 Å². The molecule has 0 spiro atoms. The summed E-state index contributed by atoms with van der Waals surface area (Å²) in [5.41, 5.74) is 3.61. The van der Waals surface area contributed by atoms with Gasteiger partial charge in [-0.15, -0.1) is 0 Å². The van der Waals surface area contributed by atoms with Gasteiger partial charge < -0.3 is 9.15 Å². The summed E-state index contributed by atoms with van der Waals surface area (Å²) in [5.74, 6) is 0.266. The van der Waals surface area contributed by atoms with Gasteiger partial charge in [0, 0.05) is 18.1 Å². The lowest BCUT2D eigenvalue weighted by Gasteiger charge is -2.22. The van der Waals surface area contributed by atoms with Crippen molar-refractivity contribution in [1.29, 1.82) is 0 Å². The number of carbonyl (C=O) groups excluding carboxylic acids is 1. The van der Waals surface area contributed by atoms with E-state index in [1.807, 2.05) is 0 Å². The molecule has 0 aliphatic rings. The second-order valence-corrected chi connectivity index (χ2v) is 16.1. The first-order valence-corrected chi connectivity index (χ1v) is 19.1. The Labute approximate surface area is 311 Å². The number of benzene rings is 4. The first-order chi connectivity index (χ1) is 24.3. The van der Waals surface area contributed by atoms with Gasteiger partial charge in [0.05, 0.1) is 46.3 Å². The number of furan rings is 1. The number of methoxy groups -OCH3 is 1. The molecular formula is C35H31Cl3N4O7S2. The Hall–Kier alpha value is -4.21. The molecule has 51 heavy (non-hydrogen) atoms. The summed E-state index contributed by atoms with van der Waals surface area (Å²) < 4.78 is 67.8. The summed E-state index contributed by atoms with van der Waals surface area (Å²) >= 11 is 18.2. The van der Waals surface area contributed by atoms with Crippen molar-refractivity contribution in [3.05, 3.63) is 147 Å². The Morgan fingerprint density at radius 1 is 0.745 bits per heavy atom. The topological polar surface area (TPSA) is 139 Å². The van der Waals surface area contributed by atoms with Gasteiger partial charge in [0.2, 0.25) is 20.0 Å². The van der Waals surface area contributed by atoms with Crippen LogP contribution < -0.4 is 10.2 Å². The van der Waals surface area contributed by atoms with E-state index in [9.17, 15) is 21.6 Å². The number of hydrogen-bond acceptors (Lipinski definition) is 8. The van der Waals surface area contributed by atoms with Gasteiger partial charge in [-0.25, -0.2) is 22.3 Å². The summed E-state index contributed by atoms with van der Waals surface area (Å²) in [6.07, 6.45) is 1.22. The van der Waals surface area contributed by atoms with Crippen LogP contribution in [0.2, 0.25) is 15.1 Å². The van der Waals surface area contributed by atoms with Gasteiger partial charge in [-0.05, 0) is 83.9 Å². The van der Waals surface area contributed by atoms with Gasteiger partial charge >= 0.3 is 0 Å². The van der Waals surface area contributed by atoms with Crippen LogP contribution in [0, 0.1) is 0 Å². The quantitative estimate of drug-likeness (QED) is 0.0893. The number of nitrogens with zero attached hydrogens (tertiary/aromatic N) is 3. The van der Waals surface area contributed by atoms with Crippen LogP contribution in [0.3, 0.4) is 0 Å². The number of hydrazone groups is 1. The Bertz CT molecular complexity index is 2220. The average molecular weight is 790 g/mol. The molecule has 0 atom stereocenters. The van der Waals surface area contributed by atoms with E-state index < -0.39 is 32.5 Å². The fourth-order valence-corrected chi connectivity index (χ4v) is 8.04. The number of rotatable bonds is 15. The fraction of sp³-hybridized carbons (Fsp3) is 0.143. The van der Waals surface area contributed by atoms with E-state index in [0.717, 1.165) is 4.31 Å². The molecule has 0 saturated carbocycles. The third-order valence-electron chi connectivity index (χ3n) is 7.41. The Kier molecular flexibility index (Phi) is 12.6. The first-order valence-electron chi connectivity index (χ1n) is 15.1. The molecule has 1 heterocycles.